The Morgan fingerprint density at radius 2 is 2.47 bits per heavy atom. The third-order valence-corrected chi connectivity index (χ3v) is 3.46. The van der Waals surface area contributed by atoms with Crippen LogP contribution in [0.2, 0.25) is 0 Å². The Morgan fingerprint density at radius 1 is 1.47 bits per heavy atom. The molecule has 1 aromatic heterocycles. The van der Waals surface area contributed by atoms with Gasteiger partial charge in [0, 0.05) is 11.3 Å². The minimum absolute atomic E-state index is 0.441. The molecule has 3 heterocycles. The largest absolute Gasteiger partial charge is 0.459 e. The molecule has 2 aliphatic rings. The second-order valence-corrected chi connectivity index (χ2v) is 4.74. The van der Waals surface area contributed by atoms with Gasteiger partial charge in [-0.1, -0.05) is 6.07 Å². The summed E-state index contributed by atoms with van der Waals surface area (Å²) >= 11 is 1.71. The van der Waals surface area contributed by atoms with E-state index in [0.717, 1.165) is 25.2 Å². The lowest BCUT2D eigenvalue weighted by Crippen LogP contribution is -2.24. The van der Waals surface area contributed by atoms with Gasteiger partial charge in [-0.05, 0) is 36.1 Å². The zero-order valence-corrected chi connectivity index (χ0v) is 9.13. The van der Waals surface area contributed by atoms with Crippen molar-refractivity contribution < 1.29 is 9.47 Å². The first-order valence-corrected chi connectivity index (χ1v) is 6.02. The van der Waals surface area contributed by atoms with Crippen molar-refractivity contribution in [2.24, 2.45) is 0 Å². The van der Waals surface area contributed by atoms with Crippen molar-refractivity contribution in [2.45, 2.75) is 18.6 Å². The van der Waals surface area contributed by atoms with E-state index in [9.17, 15) is 0 Å². The molecule has 2 aliphatic heterocycles. The fraction of sp³-hybridized carbons (Fsp3) is 0.333. The van der Waals surface area contributed by atoms with E-state index in [1.807, 2.05) is 18.2 Å². The van der Waals surface area contributed by atoms with Crippen LogP contribution in [0, 0.1) is 0 Å². The van der Waals surface area contributed by atoms with Crippen molar-refractivity contribution in [3.63, 3.8) is 0 Å². The van der Waals surface area contributed by atoms with E-state index in [4.69, 9.17) is 9.47 Å². The van der Waals surface area contributed by atoms with Gasteiger partial charge >= 0.3 is 0 Å². The monoisotopic (exact) mass is 220 g/mol. The van der Waals surface area contributed by atoms with Crippen LogP contribution in [0.25, 0.3) is 6.08 Å². The molecular weight excluding hydrogens is 208 g/mol. The van der Waals surface area contributed by atoms with Crippen molar-refractivity contribution >= 4 is 17.4 Å². The first-order chi connectivity index (χ1) is 7.36. The zero-order chi connectivity index (χ0) is 10.1. The Hall–Kier alpha value is -1.06. The summed E-state index contributed by atoms with van der Waals surface area (Å²) in [5.41, 5.74) is 0. The molecule has 78 valence electrons. The highest BCUT2D eigenvalue weighted by atomic mass is 32.1. The third kappa shape index (κ3) is 1.73. The molecule has 3 heteroatoms. The molecule has 2 nitrogen and oxygen atoms in total. The van der Waals surface area contributed by atoms with E-state index in [1.54, 1.807) is 11.3 Å². The van der Waals surface area contributed by atoms with Crippen molar-refractivity contribution in [3.8, 4) is 0 Å². The van der Waals surface area contributed by atoms with Crippen LogP contribution in [0.3, 0.4) is 0 Å². The number of ether oxygens (including phenoxy) is 2. The summed E-state index contributed by atoms with van der Waals surface area (Å²) in [6.45, 7) is 0.802. The number of allylic oxidation sites excluding steroid dienone is 1. The summed E-state index contributed by atoms with van der Waals surface area (Å²) in [5.74, 6) is 0.461. The van der Waals surface area contributed by atoms with Crippen LogP contribution in [0.5, 0.6) is 0 Å². The lowest BCUT2D eigenvalue weighted by atomic mass is 10.2. The highest BCUT2D eigenvalue weighted by Gasteiger charge is 2.38. The standard InChI is InChI=1S/C12H12O2S/c1-3-11(15-8-1)9-10-4-6-12(14-10)5-2-7-13-12/h1,3-4,6,8-9H,2,5,7H2/b10-9+/t12-/m1/s1. The van der Waals surface area contributed by atoms with Gasteiger partial charge in [0.05, 0.1) is 6.61 Å². The van der Waals surface area contributed by atoms with Gasteiger partial charge < -0.3 is 9.47 Å². The van der Waals surface area contributed by atoms with E-state index in [0.29, 0.717) is 0 Å². The molecule has 0 aliphatic carbocycles. The van der Waals surface area contributed by atoms with Gasteiger partial charge in [-0.2, -0.15) is 0 Å². The molecule has 15 heavy (non-hydrogen) atoms. The molecule has 0 aromatic carbocycles. The number of hydrogen-bond acceptors (Lipinski definition) is 3. The SMILES string of the molecule is C1=C[C@@]2(CCCO2)O/C1=C/c1cccs1. The summed E-state index contributed by atoms with van der Waals surface area (Å²) in [6, 6.07) is 4.12. The van der Waals surface area contributed by atoms with Crippen LogP contribution < -0.4 is 0 Å². The average molecular weight is 220 g/mol. The van der Waals surface area contributed by atoms with Gasteiger partial charge in [0.15, 0.2) is 0 Å². The summed E-state index contributed by atoms with van der Waals surface area (Å²) in [7, 11) is 0. The van der Waals surface area contributed by atoms with E-state index < -0.39 is 5.79 Å². The minimum atomic E-state index is -0.441. The highest BCUT2D eigenvalue weighted by Crippen LogP contribution is 2.36. The van der Waals surface area contributed by atoms with Crippen LogP contribution in [0.15, 0.2) is 35.4 Å². The Kier molecular flexibility index (Phi) is 2.15. The van der Waals surface area contributed by atoms with E-state index in [2.05, 4.69) is 17.5 Å². The molecule has 0 unspecified atom stereocenters. The fourth-order valence-electron chi connectivity index (χ4n) is 1.92. The maximum Gasteiger partial charge on any atom is 0.230 e. The number of thiophene rings is 1. The molecule has 1 fully saturated rings. The van der Waals surface area contributed by atoms with Crippen LogP contribution in [-0.4, -0.2) is 12.4 Å². The van der Waals surface area contributed by atoms with Crippen LogP contribution in [-0.2, 0) is 9.47 Å². The van der Waals surface area contributed by atoms with Crippen molar-refractivity contribution in [2.75, 3.05) is 6.61 Å². The van der Waals surface area contributed by atoms with Crippen molar-refractivity contribution in [3.05, 3.63) is 40.3 Å². The smallest absolute Gasteiger partial charge is 0.230 e. The van der Waals surface area contributed by atoms with Crippen molar-refractivity contribution in [1.29, 1.82) is 0 Å². The van der Waals surface area contributed by atoms with Gasteiger partial charge in [-0.15, -0.1) is 11.3 Å². The Labute approximate surface area is 92.8 Å². The molecule has 0 bridgehead atoms. The maximum absolute atomic E-state index is 5.82. The second-order valence-electron chi connectivity index (χ2n) is 3.76. The molecule has 0 N–H and O–H groups in total. The highest BCUT2D eigenvalue weighted by molar-refractivity contribution is 7.10. The van der Waals surface area contributed by atoms with Crippen LogP contribution in [0.1, 0.15) is 17.7 Å². The topological polar surface area (TPSA) is 18.5 Å². The third-order valence-electron chi connectivity index (χ3n) is 2.64. The minimum Gasteiger partial charge on any atom is -0.459 e. The molecule has 0 saturated carbocycles. The molecule has 1 atom stereocenters. The summed E-state index contributed by atoms with van der Waals surface area (Å²) in [4.78, 5) is 1.21. The quantitative estimate of drug-likeness (QED) is 0.723. The normalized spacial score (nSPS) is 31.6. The summed E-state index contributed by atoms with van der Waals surface area (Å²) < 4.78 is 11.4. The Morgan fingerprint density at radius 3 is 3.20 bits per heavy atom. The Bertz CT molecular complexity index is 397. The van der Waals surface area contributed by atoms with E-state index in [-0.39, 0.29) is 0 Å². The molecule has 3 rings (SSSR count). The molecule has 1 spiro atoms. The summed E-state index contributed by atoms with van der Waals surface area (Å²) in [5, 5.41) is 2.06. The predicted octanol–water partition coefficient (Wildman–Crippen LogP) is 3.18. The van der Waals surface area contributed by atoms with Gasteiger partial charge in [0.25, 0.3) is 0 Å². The average Bonchev–Trinajstić information content (AvgIpc) is 2.92. The van der Waals surface area contributed by atoms with Gasteiger partial charge in [-0.3, -0.25) is 0 Å². The Balaban J connectivity index is 1.79. The lowest BCUT2D eigenvalue weighted by Gasteiger charge is -2.20. The first-order valence-electron chi connectivity index (χ1n) is 5.14. The van der Waals surface area contributed by atoms with Crippen LogP contribution >= 0.6 is 11.3 Å². The lowest BCUT2D eigenvalue weighted by molar-refractivity contribution is -0.135. The van der Waals surface area contributed by atoms with E-state index >= 15 is 0 Å². The molecule has 1 aromatic rings. The second kappa shape index (κ2) is 3.51. The van der Waals surface area contributed by atoms with Gasteiger partial charge in [0.2, 0.25) is 5.79 Å². The van der Waals surface area contributed by atoms with Crippen molar-refractivity contribution in [1.82, 2.24) is 0 Å². The fourth-order valence-corrected chi connectivity index (χ4v) is 2.57. The van der Waals surface area contributed by atoms with Gasteiger partial charge in [-0.25, -0.2) is 0 Å². The maximum atomic E-state index is 5.82. The van der Waals surface area contributed by atoms with Gasteiger partial charge in [0.1, 0.15) is 5.76 Å². The molecule has 0 amide bonds. The van der Waals surface area contributed by atoms with Crippen LogP contribution in [0.4, 0.5) is 0 Å². The molecular formula is C12H12O2S. The molecule has 1 saturated heterocycles. The predicted molar refractivity (Wildman–Crippen MR) is 60.4 cm³/mol. The van der Waals surface area contributed by atoms with E-state index in [1.165, 1.54) is 4.88 Å². The molecule has 0 radical (unpaired) electrons. The zero-order valence-electron chi connectivity index (χ0n) is 8.31. The first kappa shape index (κ1) is 9.19. The number of rotatable bonds is 1. The summed E-state index contributed by atoms with van der Waals surface area (Å²) in [6.07, 6.45) is 8.13. The number of hydrogen-bond donors (Lipinski definition) is 0.